The number of hydrogen-bond acceptors (Lipinski definition) is 5. The van der Waals surface area contributed by atoms with Gasteiger partial charge in [-0.3, -0.25) is 9.59 Å². The van der Waals surface area contributed by atoms with E-state index in [1.54, 1.807) is 43.3 Å². The third-order valence-corrected chi connectivity index (χ3v) is 5.91. The zero-order chi connectivity index (χ0) is 19.6. The largest absolute Gasteiger partial charge is 0.374 e. The van der Waals surface area contributed by atoms with Crippen LogP contribution in [-0.2, 0) is 5.60 Å². The quantitative estimate of drug-likeness (QED) is 0.794. The number of nitrogens with one attached hydrogen (secondary N) is 1. The summed E-state index contributed by atoms with van der Waals surface area (Å²) in [5.41, 5.74) is 2.14. The van der Waals surface area contributed by atoms with Gasteiger partial charge in [-0.25, -0.2) is 0 Å². The van der Waals surface area contributed by atoms with Gasteiger partial charge in [0.05, 0.1) is 11.3 Å². The van der Waals surface area contributed by atoms with Gasteiger partial charge in [0.1, 0.15) is 5.82 Å². The van der Waals surface area contributed by atoms with Crippen LogP contribution in [0, 0.1) is 6.92 Å². The molecule has 5 rings (SSSR count). The minimum Gasteiger partial charge on any atom is -0.374 e. The minimum atomic E-state index is -1.64. The average Bonchev–Trinajstić information content (AvgIpc) is 3.24. The number of ketones is 2. The molecule has 3 aliphatic rings. The summed E-state index contributed by atoms with van der Waals surface area (Å²) in [5.74, 6) is 0.265. The van der Waals surface area contributed by atoms with E-state index < -0.39 is 5.60 Å². The van der Waals surface area contributed by atoms with Gasteiger partial charge >= 0.3 is 0 Å². The molecule has 140 valence electrons. The highest BCUT2D eigenvalue weighted by Gasteiger charge is 2.57. The maximum absolute atomic E-state index is 13.6. The zero-order valence-corrected chi connectivity index (χ0v) is 15.7. The van der Waals surface area contributed by atoms with Gasteiger partial charge in [-0.1, -0.05) is 54.1 Å². The van der Waals surface area contributed by atoms with Crippen molar-refractivity contribution in [1.29, 1.82) is 0 Å². The van der Waals surface area contributed by atoms with Crippen molar-refractivity contribution >= 4 is 11.6 Å². The lowest BCUT2D eigenvalue weighted by molar-refractivity contribution is 0.0769. The molecule has 0 aromatic heterocycles. The Bertz CT molecular complexity index is 1110. The third kappa shape index (κ3) is 1.99. The normalized spacial score (nSPS) is 22.8. The number of hydrogen-bond donors (Lipinski definition) is 2. The molecule has 2 aromatic carbocycles. The van der Waals surface area contributed by atoms with E-state index >= 15 is 0 Å². The number of benzene rings is 2. The summed E-state index contributed by atoms with van der Waals surface area (Å²) < 4.78 is 0. The van der Waals surface area contributed by atoms with Crippen molar-refractivity contribution in [2.45, 2.75) is 19.4 Å². The molecule has 1 aliphatic carbocycles. The topological polar surface area (TPSA) is 69.6 Å². The highest BCUT2D eigenvalue weighted by molar-refractivity contribution is 6.16. The number of carbonyl (C=O) groups excluding carboxylic acids is 2. The monoisotopic (exact) mass is 372 g/mol. The molecule has 2 heterocycles. The molecule has 28 heavy (non-hydrogen) atoms. The zero-order valence-electron chi connectivity index (χ0n) is 15.7. The summed E-state index contributed by atoms with van der Waals surface area (Å²) in [6, 6.07) is 14.4. The van der Waals surface area contributed by atoms with Gasteiger partial charge in [0.25, 0.3) is 0 Å². The highest BCUT2D eigenvalue weighted by atomic mass is 16.3. The first kappa shape index (κ1) is 17.0. The molecular formula is C23H20N2O3. The lowest BCUT2D eigenvalue weighted by Gasteiger charge is -2.36. The van der Waals surface area contributed by atoms with Crippen LogP contribution in [0.4, 0.5) is 0 Å². The average molecular weight is 372 g/mol. The van der Waals surface area contributed by atoms with Crippen molar-refractivity contribution in [3.63, 3.8) is 0 Å². The van der Waals surface area contributed by atoms with Crippen molar-refractivity contribution in [1.82, 2.24) is 10.2 Å². The minimum absolute atomic E-state index is 0.106. The number of Topliss-reactive ketones (excluding diaryl/α,β-unsaturated/α-hetero) is 2. The Balaban J connectivity index is 1.79. The van der Waals surface area contributed by atoms with Crippen LogP contribution in [0.3, 0.4) is 0 Å². The Morgan fingerprint density at radius 2 is 1.82 bits per heavy atom. The van der Waals surface area contributed by atoms with Gasteiger partial charge in [0, 0.05) is 35.4 Å². The van der Waals surface area contributed by atoms with Gasteiger partial charge in [-0.15, -0.1) is 0 Å². The number of fused-ring (bicyclic) bond motifs is 5. The Morgan fingerprint density at radius 1 is 1.11 bits per heavy atom. The molecule has 5 heteroatoms. The second-order valence-corrected chi connectivity index (χ2v) is 7.56. The summed E-state index contributed by atoms with van der Waals surface area (Å²) in [6.07, 6.45) is 0. The molecule has 0 radical (unpaired) electrons. The maximum Gasteiger partial charge on any atom is 0.196 e. The van der Waals surface area contributed by atoms with Crippen LogP contribution in [0.2, 0.25) is 0 Å². The molecule has 1 unspecified atom stereocenters. The van der Waals surface area contributed by atoms with E-state index in [4.69, 9.17) is 0 Å². The summed E-state index contributed by atoms with van der Waals surface area (Å²) >= 11 is 0. The van der Waals surface area contributed by atoms with Gasteiger partial charge < -0.3 is 15.3 Å². The van der Waals surface area contributed by atoms with Gasteiger partial charge in [-0.2, -0.15) is 0 Å². The standard InChI is InChI=1S/C23H20N2O3/c1-13-7-9-15(10-8-13)20(27)18-22-24-11-12-25(22)21-14(2)19(26)16-5-3-4-6-17(16)23(18,21)28/h3-10,24,28H,11-12H2,1-2H3. The van der Waals surface area contributed by atoms with Crippen LogP contribution in [0.15, 0.2) is 71.2 Å². The van der Waals surface area contributed by atoms with Crippen molar-refractivity contribution in [2.24, 2.45) is 0 Å². The summed E-state index contributed by atoms with van der Waals surface area (Å²) in [4.78, 5) is 28.4. The van der Waals surface area contributed by atoms with E-state index in [1.165, 1.54) is 0 Å². The van der Waals surface area contributed by atoms with Gasteiger partial charge in [-0.05, 0) is 13.8 Å². The number of nitrogens with zero attached hydrogens (tertiary/aromatic N) is 1. The SMILES string of the molecule is CC1=C2N3CCNC3=C(C(=O)c3ccc(C)cc3)C2(O)c2ccccc2C1=O. The Kier molecular flexibility index (Phi) is 3.43. The molecule has 2 aliphatic heterocycles. The first-order valence-electron chi connectivity index (χ1n) is 9.40. The molecule has 1 fully saturated rings. The second kappa shape index (κ2) is 5.66. The van der Waals surface area contributed by atoms with Gasteiger partial charge in [0.2, 0.25) is 0 Å². The first-order chi connectivity index (χ1) is 13.4. The number of aliphatic hydroxyl groups is 1. The van der Waals surface area contributed by atoms with Crippen LogP contribution in [0.5, 0.6) is 0 Å². The van der Waals surface area contributed by atoms with Crippen LogP contribution in [-0.4, -0.2) is 34.7 Å². The molecule has 0 amide bonds. The van der Waals surface area contributed by atoms with Crippen molar-refractivity contribution in [2.75, 3.05) is 13.1 Å². The number of allylic oxidation sites excluding steroid dienone is 1. The Labute approximate surface area is 163 Å². The molecule has 1 saturated heterocycles. The number of carbonyl (C=O) groups is 2. The summed E-state index contributed by atoms with van der Waals surface area (Å²) in [5, 5.41) is 15.3. The van der Waals surface area contributed by atoms with E-state index in [1.807, 2.05) is 24.0 Å². The van der Waals surface area contributed by atoms with Crippen LogP contribution in [0.1, 0.15) is 38.8 Å². The third-order valence-electron chi connectivity index (χ3n) is 5.91. The molecule has 5 nitrogen and oxygen atoms in total. The Morgan fingerprint density at radius 3 is 2.57 bits per heavy atom. The molecule has 0 saturated carbocycles. The van der Waals surface area contributed by atoms with Crippen LogP contribution < -0.4 is 5.32 Å². The summed E-state index contributed by atoms with van der Waals surface area (Å²) in [7, 11) is 0. The predicted octanol–water partition coefficient (Wildman–Crippen LogP) is 2.67. The number of aryl methyl sites for hydroxylation is 1. The lowest BCUT2D eigenvalue weighted by atomic mass is 9.73. The van der Waals surface area contributed by atoms with E-state index in [9.17, 15) is 14.7 Å². The molecule has 1 atom stereocenters. The maximum atomic E-state index is 13.6. The highest BCUT2D eigenvalue weighted by Crippen LogP contribution is 2.53. The molecule has 0 spiro atoms. The predicted molar refractivity (Wildman–Crippen MR) is 105 cm³/mol. The fourth-order valence-electron chi connectivity index (χ4n) is 4.59. The lowest BCUT2D eigenvalue weighted by Crippen LogP contribution is -2.40. The first-order valence-corrected chi connectivity index (χ1v) is 9.40. The van der Waals surface area contributed by atoms with Gasteiger partial charge in [0.15, 0.2) is 17.2 Å². The van der Waals surface area contributed by atoms with Crippen molar-refractivity contribution < 1.29 is 14.7 Å². The smallest absolute Gasteiger partial charge is 0.196 e. The molecular weight excluding hydrogens is 352 g/mol. The van der Waals surface area contributed by atoms with E-state index in [2.05, 4.69) is 5.32 Å². The Hall–Kier alpha value is -3.18. The second-order valence-electron chi connectivity index (χ2n) is 7.56. The fourth-order valence-corrected chi connectivity index (χ4v) is 4.59. The number of rotatable bonds is 2. The molecule has 2 aromatic rings. The molecule has 0 bridgehead atoms. The van der Waals surface area contributed by atoms with E-state index in [0.29, 0.717) is 52.4 Å². The van der Waals surface area contributed by atoms with Crippen LogP contribution in [0.25, 0.3) is 0 Å². The molecule has 2 N–H and O–H groups in total. The van der Waals surface area contributed by atoms with Crippen molar-refractivity contribution in [3.05, 3.63) is 93.4 Å². The fraction of sp³-hybridized carbons (Fsp3) is 0.217. The van der Waals surface area contributed by atoms with Crippen LogP contribution >= 0.6 is 0 Å². The van der Waals surface area contributed by atoms with E-state index in [0.717, 1.165) is 5.56 Å². The summed E-state index contributed by atoms with van der Waals surface area (Å²) in [6.45, 7) is 4.95. The van der Waals surface area contributed by atoms with E-state index in [-0.39, 0.29) is 11.6 Å². The van der Waals surface area contributed by atoms with Crippen molar-refractivity contribution in [3.8, 4) is 0 Å².